The summed E-state index contributed by atoms with van der Waals surface area (Å²) in [6.07, 6.45) is 3.87. The molecule has 2 aromatic carbocycles. The van der Waals surface area contributed by atoms with Gasteiger partial charge in [0.25, 0.3) is 0 Å². The third kappa shape index (κ3) is 2.62. The van der Waals surface area contributed by atoms with E-state index < -0.39 is 0 Å². The second kappa shape index (κ2) is 4.95. The van der Waals surface area contributed by atoms with Gasteiger partial charge in [-0.1, -0.05) is 61.4 Å². The maximum atomic E-state index is 6.28. The highest BCUT2D eigenvalue weighted by molar-refractivity contribution is 5.64. The van der Waals surface area contributed by atoms with E-state index in [1.807, 2.05) is 6.07 Å². The van der Waals surface area contributed by atoms with E-state index in [4.69, 9.17) is 5.73 Å². The van der Waals surface area contributed by atoms with Crippen molar-refractivity contribution in [2.75, 3.05) is 0 Å². The second-order valence-electron chi connectivity index (χ2n) is 5.28. The summed E-state index contributed by atoms with van der Waals surface area (Å²) in [5.41, 5.74) is 10.1. The van der Waals surface area contributed by atoms with E-state index in [0.717, 1.165) is 12.3 Å². The predicted molar refractivity (Wildman–Crippen MR) is 76.1 cm³/mol. The van der Waals surface area contributed by atoms with Gasteiger partial charge < -0.3 is 5.73 Å². The number of hydrogen-bond donors (Lipinski definition) is 1. The minimum absolute atomic E-state index is 0.196. The zero-order valence-electron chi connectivity index (χ0n) is 10.5. The van der Waals surface area contributed by atoms with Gasteiger partial charge in [0.1, 0.15) is 0 Å². The van der Waals surface area contributed by atoms with Gasteiger partial charge in [-0.3, -0.25) is 0 Å². The van der Waals surface area contributed by atoms with Crippen molar-refractivity contribution >= 4 is 0 Å². The third-order valence-electron chi connectivity index (χ3n) is 3.71. The first-order valence-electron chi connectivity index (χ1n) is 6.74. The van der Waals surface area contributed by atoms with E-state index in [1.54, 1.807) is 0 Å². The van der Waals surface area contributed by atoms with E-state index in [1.165, 1.54) is 29.5 Å². The molecule has 2 N–H and O–H groups in total. The lowest BCUT2D eigenvalue weighted by molar-refractivity contribution is 0.597. The van der Waals surface area contributed by atoms with E-state index >= 15 is 0 Å². The van der Waals surface area contributed by atoms with Crippen LogP contribution in [0.15, 0.2) is 54.6 Å². The zero-order valence-corrected chi connectivity index (χ0v) is 10.5. The molecule has 1 aliphatic rings. The molecule has 0 radical (unpaired) electrons. The van der Waals surface area contributed by atoms with Crippen molar-refractivity contribution < 1.29 is 0 Å². The van der Waals surface area contributed by atoms with Crippen LogP contribution >= 0.6 is 0 Å². The number of nitrogens with two attached hydrogens (primary N) is 1. The fourth-order valence-electron chi connectivity index (χ4n) is 2.43. The van der Waals surface area contributed by atoms with E-state index in [0.29, 0.717) is 0 Å². The Morgan fingerprint density at radius 3 is 2.39 bits per heavy atom. The van der Waals surface area contributed by atoms with Crippen LogP contribution in [0.25, 0.3) is 11.1 Å². The van der Waals surface area contributed by atoms with Gasteiger partial charge in [0.2, 0.25) is 0 Å². The number of hydrogen-bond acceptors (Lipinski definition) is 1. The lowest BCUT2D eigenvalue weighted by Crippen LogP contribution is -2.10. The summed E-state index contributed by atoms with van der Waals surface area (Å²) in [4.78, 5) is 0. The molecule has 1 nitrogen and oxygen atoms in total. The van der Waals surface area contributed by atoms with Gasteiger partial charge in [-0.15, -0.1) is 0 Å². The van der Waals surface area contributed by atoms with Gasteiger partial charge in [-0.25, -0.2) is 0 Å². The quantitative estimate of drug-likeness (QED) is 0.849. The minimum atomic E-state index is 0.196. The van der Waals surface area contributed by atoms with Gasteiger partial charge in [0.05, 0.1) is 0 Å². The van der Waals surface area contributed by atoms with Crippen molar-refractivity contribution in [2.24, 2.45) is 11.7 Å². The van der Waals surface area contributed by atoms with E-state index in [9.17, 15) is 0 Å². The SMILES string of the molecule is N[C@@H](CC1CC1)c1cccc(-c2ccccc2)c1. The Labute approximate surface area is 109 Å². The zero-order chi connectivity index (χ0) is 12.4. The fraction of sp³-hybridized carbons (Fsp3) is 0.294. The van der Waals surface area contributed by atoms with E-state index in [2.05, 4.69) is 48.5 Å². The highest BCUT2D eigenvalue weighted by Gasteiger charge is 2.24. The van der Waals surface area contributed by atoms with Crippen molar-refractivity contribution in [3.05, 3.63) is 60.2 Å². The number of rotatable bonds is 4. The first kappa shape index (κ1) is 11.5. The summed E-state index contributed by atoms with van der Waals surface area (Å²) in [6, 6.07) is 19.3. The highest BCUT2D eigenvalue weighted by Crippen LogP contribution is 2.37. The molecule has 1 fully saturated rings. The predicted octanol–water partition coefficient (Wildman–Crippen LogP) is 4.15. The van der Waals surface area contributed by atoms with Crippen molar-refractivity contribution in [3.63, 3.8) is 0 Å². The lowest BCUT2D eigenvalue weighted by atomic mass is 9.97. The molecule has 1 saturated carbocycles. The molecule has 0 bridgehead atoms. The molecule has 2 aromatic rings. The molecule has 0 saturated heterocycles. The van der Waals surface area contributed by atoms with Gasteiger partial charge in [0.15, 0.2) is 0 Å². The smallest absolute Gasteiger partial charge is 0.0297 e. The fourth-order valence-corrected chi connectivity index (χ4v) is 2.43. The maximum absolute atomic E-state index is 6.28. The van der Waals surface area contributed by atoms with Crippen molar-refractivity contribution in [1.29, 1.82) is 0 Å². The van der Waals surface area contributed by atoms with Crippen molar-refractivity contribution in [1.82, 2.24) is 0 Å². The Bertz CT molecular complexity index is 514. The van der Waals surface area contributed by atoms with Crippen molar-refractivity contribution in [2.45, 2.75) is 25.3 Å². The van der Waals surface area contributed by atoms with Crippen LogP contribution in [0.2, 0.25) is 0 Å². The molecule has 0 aromatic heterocycles. The molecule has 1 heteroatoms. The molecular formula is C17H19N. The van der Waals surface area contributed by atoms with Crippen LogP contribution < -0.4 is 5.73 Å². The molecule has 0 amide bonds. The summed E-state index contributed by atoms with van der Waals surface area (Å²) in [5, 5.41) is 0. The van der Waals surface area contributed by atoms with Crippen LogP contribution in [0, 0.1) is 5.92 Å². The topological polar surface area (TPSA) is 26.0 Å². The van der Waals surface area contributed by atoms with Crippen LogP contribution in [-0.2, 0) is 0 Å². The number of benzene rings is 2. The van der Waals surface area contributed by atoms with Gasteiger partial charge >= 0.3 is 0 Å². The molecule has 92 valence electrons. The van der Waals surface area contributed by atoms with Gasteiger partial charge in [0, 0.05) is 6.04 Å². The average molecular weight is 237 g/mol. The largest absolute Gasteiger partial charge is 0.324 e. The third-order valence-corrected chi connectivity index (χ3v) is 3.71. The van der Waals surface area contributed by atoms with Gasteiger partial charge in [-0.05, 0) is 35.1 Å². The standard InChI is InChI=1S/C17H19N/c18-17(11-13-9-10-13)16-8-4-7-15(12-16)14-5-2-1-3-6-14/h1-8,12-13,17H,9-11,18H2/t17-/m0/s1. The van der Waals surface area contributed by atoms with E-state index in [-0.39, 0.29) is 6.04 Å². The highest BCUT2D eigenvalue weighted by atomic mass is 14.6. The molecule has 1 atom stereocenters. The Morgan fingerprint density at radius 2 is 1.67 bits per heavy atom. The maximum Gasteiger partial charge on any atom is 0.0297 e. The van der Waals surface area contributed by atoms with Crippen LogP contribution in [0.1, 0.15) is 30.9 Å². The summed E-state index contributed by atoms with van der Waals surface area (Å²) >= 11 is 0. The summed E-state index contributed by atoms with van der Waals surface area (Å²) in [6.45, 7) is 0. The second-order valence-corrected chi connectivity index (χ2v) is 5.28. The van der Waals surface area contributed by atoms with Crippen LogP contribution in [0.3, 0.4) is 0 Å². The Hall–Kier alpha value is -1.60. The monoisotopic (exact) mass is 237 g/mol. The molecule has 0 spiro atoms. The average Bonchev–Trinajstić information content (AvgIpc) is 3.24. The molecular weight excluding hydrogens is 218 g/mol. The minimum Gasteiger partial charge on any atom is -0.324 e. The molecule has 1 aliphatic carbocycles. The molecule has 18 heavy (non-hydrogen) atoms. The van der Waals surface area contributed by atoms with Gasteiger partial charge in [-0.2, -0.15) is 0 Å². The molecule has 0 heterocycles. The van der Waals surface area contributed by atoms with Crippen LogP contribution in [0.5, 0.6) is 0 Å². The Balaban J connectivity index is 1.84. The van der Waals surface area contributed by atoms with Crippen LogP contribution in [0.4, 0.5) is 0 Å². The summed E-state index contributed by atoms with van der Waals surface area (Å²) in [5.74, 6) is 0.875. The molecule has 0 unspecified atom stereocenters. The summed E-state index contributed by atoms with van der Waals surface area (Å²) in [7, 11) is 0. The normalized spacial score (nSPS) is 16.5. The molecule has 3 rings (SSSR count). The lowest BCUT2D eigenvalue weighted by Gasteiger charge is -2.13. The summed E-state index contributed by atoms with van der Waals surface area (Å²) < 4.78 is 0. The Kier molecular flexibility index (Phi) is 3.16. The molecule has 0 aliphatic heterocycles. The Morgan fingerprint density at radius 1 is 0.944 bits per heavy atom. The van der Waals surface area contributed by atoms with Crippen molar-refractivity contribution in [3.8, 4) is 11.1 Å². The first-order chi connectivity index (χ1) is 8.83. The van der Waals surface area contributed by atoms with Crippen LogP contribution in [-0.4, -0.2) is 0 Å². The first-order valence-corrected chi connectivity index (χ1v) is 6.74.